The maximum absolute atomic E-state index is 12.6. The van der Waals surface area contributed by atoms with Crippen LogP contribution in [0.2, 0.25) is 0 Å². The van der Waals surface area contributed by atoms with Crippen molar-refractivity contribution < 1.29 is 19.4 Å². The van der Waals surface area contributed by atoms with Gasteiger partial charge in [-0.3, -0.25) is 4.79 Å². The number of hydrogen-bond acceptors (Lipinski definition) is 5. The highest BCUT2D eigenvalue weighted by atomic mass is 127. The third-order valence-electron chi connectivity index (χ3n) is 4.43. The predicted octanol–water partition coefficient (Wildman–Crippen LogP) is 4.23. The van der Waals surface area contributed by atoms with Gasteiger partial charge < -0.3 is 9.84 Å². The lowest BCUT2D eigenvalue weighted by molar-refractivity contribution is 0.0310. The average Bonchev–Trinajstić information content (AvgIpc) is 3.05. The Balaban J connectivity index is 1.78. The Morgan fingerprint density at radius 1 is 1.14 bits per heavy atom. The molecular formula is C21H19IN2O4. The van der Waals surface area contributed by atoms with Gasteiger partial charge in [-0.15, -0.1) is 0 Å². The predicted molar refractivity (Wildman–Crippen MR) is 113 cm³/mol. The summed E-state index contributed by atoms with van der Waals surface area (Å²) in [5, 5.41) is 14.2. The fourth-order valence-corrected chi connectivity index (χ4v) is 3.30. The first kappa shape index (κ1) is 20.1. The van der Waals surface area contributed by atoms with E-state index in [9.17, 15) is 14.7 Å². The molecule has 1 aromatic heterocycles. The fourth-order valence-electron chi connectivity index (χ4n) is 2.67. The number of ether oxygens (including phenoxy) is 1. The Morgan fingerprint density at radius 3 is 2.54 bits per heavy atom. The van der Waals surface area contributed by atoms with Crippen molar-refractivity contribution in [3.05, 3.63) is 74.6 Å². The molecule has 0 saturated heterocycles. The molecule has 144 valence electrons. The number of aryl methyl sites for hydroxylation is 2. The number of esters is 1. The van der Waals surface area contributed by atoms with Crippen LogP contribution in [0, 0.1) is 17.4 Å². The van der Waals surface area contributed by atoms with Crippen molar-refractivity contribution >= 4 is 34.3 Å². The molecular weight excluding hydrogens is 471 g/mol. The van der Waals surface area contributed by atoms with Gasteiger partial charge in [0.15, 0.2) is 11.9 Å². The number of ketones is 1. The molecule has 1 N–H and O–H groups in total. The fraction of sp³-hybridized carbons (Fsp3) is 0.190. The maximum atomic E-state index is 12.6. The summed E-state index contributed by atoms with van der Waals surface area (Å²) in [7, 11) is 0. The smallest absolute Gasteiger partial charge is 0.363 e. The lowest BCUT2D eigenvalue weighted by atomic mass is 10.0. The number of aromatic nitrogens is 2. The van der Waals surface area contributed by atoms with Crippen LogP contribution in [0.3, 0.4) is 0 Å². The van der Waals surface area contributed by atoms with Gasteiger partial charge in [-0.05, 0) is 72.7 Å². The van der Waals surface area contributed by atoms with E-state index < -0.39 is 12.1 Å². The van der Waals surface area contributed by atoms with E-state index >= 15 is 0 Å². The van der Waals surface area contributed by atoms with E-state index in [1.54, 1.807) is 12.1 Å². The molecule has 0 aliphatic heterocycles. The van der Waals surface area contributed by atoms with E-state index in [1.165, 1.54) is 17.8 Å². The van der Waals surface area contributed by atoms with E-state index in [0.29, 0.717) is 5.56 Å². The number of carbonyl (C=O) groups is 2. The summed E-state index contributed by atoms with van der Waals surface area (Å²) in [5.41, 5.74) is 3.01. The van der Waals surface area contributed by atoms with Gasteiger partial charge >= 0.3 is 5.97 Å². The van der Waals surface area contributed by atoms with Crippen molar-refractivity contribution in [2.24, 2.45) is 0 Å². The molecule has 2 aromatic carbocycles. The normalized spacial score (nSPS) is 11.9. The minimum Gasteiger partial charge on any atom is -0.504 e. The van der Waals surface area contributed by atoms with E-state index in [0.717, 1.165) is 20.4 Å². The van der Waals surface area contributed by atoms with Crippen LogP contribution in [-0.4, -0.2) is 32.7 Å². The molecule has 1 unspecified atom stereocenters. The maximum Gasteiger partial charge on any atom is 0.363 e. The van der Waals surface area contributed by atoms with Gasteiger partial charge in [-0.25, -0.2) is 9.48 Å². The van der Waals surface area contributed by atoms with Gasteiger partial charge in [0.2, 0.25) is 11.5 Å². The molecule has 6 nitrogen and oxygen atoms in total. The van der Waals surface area contributed by atoms with Gasteiger partial charge in [0, 0.05) is 9.13 Å². The molecule has 0 amide bonds. The van der Waals surface area contributed by atoms with Crippen molar-refractivity contribution in [1.82, 2.24) is 9.78 Å². The minimum atomic E-state index is -1.00. The summed E-state index contributed by atoms with van der Waals surface area (Å²) >= 11 is 2.14. The summed E-state index contributed by atoms with van der Waals surface area (Å²) in [4.78, 5) is 25.0. The Labute approximate surface area is 176 Å². The highest BCUT2D eigenvalue weighted by Gasteiger charge is 2.25. The molecule has 3 aromatic rings. The Bertz CT molecular complexity index is 1060. The van der Waals surface area contributed by atoms with Crippen LogP contribution in [0.25, 0.3) is 5.69 Å². The third kappa shape index (κ3) is 4.09. The van der Waals surface area contributed by atoms with Crippen LogP contribution >= 0.6 is 22.6 Å². The van der Waals surface area contributed by atoms with Gasteiger partial charge in [0.05, 0.1) is 11.9 Å². The first-order valence-electron chi connectivity index (χ1n) is 8.64. The molecule has 0 aliphatic carbocycles. The van der Waals surface area contributed by atoms with Gasteiger partial charge in [0.25, 0.3) is 0 Å². The van der Waals surface area contributed by atoms with E-state index in [1.807, 2.05) is 44.2 Å². The number of rotatable bonds is 5. The summed E-state index contributed by atoms with van der Waals surface area (Å²) < 4.78 is 7.57. The second-order valence-corrected chi connectivity index (χ2v) is 7.63. The zero-order valence-electron chi connectivity index (χ0n) is 15.6. The number of hydrogen-bond donors (Lipinski definition) is 1. The Kier molecular flexibility index (Phi) is 5.83. The molecule has 7 heteroatoms. The number of nitrogens with zero attached hydrogens (tertiary/aromatic N) is 2. The van der Waals surface area contributed by atoms with Crippen LogP contribution in [-0.2, 0) is 4.74 Å². The molecule has 0 radical (unpaired) electrons. The lowest BCUT2D eigenvalue weighted by Gasteiger charge is -2.12. The molecule has 0 bridgehead atoms. The Morgan fingerprint density at radius 2 is 1.86 bits per heavy atom. The largest absolute Gasteiger partial charge is 0.504 e. The SMILES string of the molecule is Cc1ccc(C(=O)C(C)OC(=O)c2nn(-c3ccccc3I)cc2O)cc1C. The van der Waals surface area contributed by atoms with E-state index in [4.69, 9.17) is 4.74 Å². The molecule has 0 aliphatic rings. The molecule has 1 atom stereocenters. The average molecular weight is 490 g/mol. The minimum absolute atomic E-state index is 0.237. The Hall–Kier alpha value is -2.68. The highest BCUT2D eigenvalue weighted by Crippen LogP contribution is 2.23. The summed E-state index contributed by atoms with van der Waals surface area (Å²) in [6, 6.07) is 12.7. The van der Waals surface area contributed by atoms with Crippen LogP contribution in [0.5, 0.6) is 5.75 Å². The van der Waals surface area contributed by atoms with Gasteiger partial charge in [-0.2, -0.15) is 5.10 Å². The molecule has 0 fully saturated rings. The molecule has 28 heavy (non-hydrogen) atoms. The monoisotopic (exact) mass is 490 g/mol. The second kappa shape index (κ2) is 8.14. The third-order valence-corrected chi connectivity index (χ3v) is 5.34. The quantitative estimate of drug-likeness (QED) is 0.329. The zero-order chi connectivity index (χ0) is 20.4. The van der Waals surface area contributed by atoms with Crippen LogP contribution < -0.4 is 0 Å². The summed E-state index contributed by atoms with van der Waals surface area (Å²) in [5.74, 6) is -1.48. The summed E-state index contributed by atoms with van der Waals surface area (Å²) in [6.07, 6.45) is 0.334. The van der Waals surface area contributed by atoms with E-state index in [2.05, 4.69) is 27.7 Å². The highest BCUT2D eigenvalue weighted by molar-refractivity contribution is 14.1. The standard InChI is InChI=1S/C21H19IN2O4/c1-12-8-9-15(10-13(12)2)20(26)14(3)28-21(27)19-18(25)11-24(23-19)17-7-5-4-6-16(17)22/h4-11,14,25H,1-3H3. The number of halogens is 1. The number of aromatic hydroxyl groups is 1. The lowest BCUT2D eigenvalue weighted by Crippen LogP contribution is -2.25. The number of benzene rings is 2. The molecule has 0 spiro atoms. The molecule has 3 rings (SSSR count). The van der Waals surface area contributed by atoms with Crippen molar-refractivity contribution in [2.75, 3.05) is 0 Å². The number of carbonyl (C=O) groups excluding carboxylic acids is 2. The van der Waals surface area contributed by atoms with Crippen molar-refractivity contribution in [1.29, 1.82) is 0 Å². The topological polar surface area (TPSA) is 81.4 Å². The molecule has 0 saturated carbocycles. The van der Waals surface area contributed by atoms with Gasteiger partial charge in [-0.1, -0.05) is 24.3 Å². The number of para-hydroxylation sites is 1. The number of Topliss-reactive ketones (excluding diaryl/α,β-unsaturated/α-hetero) is 1. The van der Waals surface area contributed by atoms with Crippen molar-refractivity contribution in [3.63, 3.8) is 0 Å². The van der Waals surface area contributed by atoms with E-state index in [-0.39, 0.29) is 17.2 Å². The first-order valence-corrected chi connectivity index (χ1v) is 9.71. The van der Waals surface area contributed by atoms with Crippen LogP contribution in [0.4, 0.5) is 0 Å². The van der Waals surface area contributed by atoms with Crippen molar-refractivity contribution in [3.8, 4) is 11.4 Å². The van der Waals surface area contributed by atoms with Crippen LogP contribution in [0.15, 0.2) is 48.7 Å². The zero-order valence-corrected chi connectivity index (χ0v) is 17.8. The van der Waals surface area contributed by atoms with Crippen molar-refractivity contribution in [2.45, 2.75) is 26.9 Å². The summed E-state index contributed by atoms with van der Waals surface area (Å²) in [6.45, 7) is 5.38. The van der Waals surface area contributed by atoms with Crippen LogP contribution in [0.1, 0.15) is 38.9 Å². The molecule has 1 heterocycles. The van der Waals surface area contributed by atoms with Gasteiger partial charge in [0.1, 0.15) is 0 Å². The first-order chi connectivity index (χ1) is 13.3. The second-order valence-electron chi connectivity index (χ2n) is 6.47.